The predicted octanol–water partition coefficient (Wildman–Crippen LogP) is 4.32. The molecule has 5 nitrogen and oxygen atoms in total. The van der Waals surface area contributed by atoms with Crippen molar-refractivity contribution in [2.24, 2.45) is 0 Å². The lowest BCUT2D eigenvalue weighted by atomic mass is 10.1. The molecular weight excluding hydrogens is 396 g/mol. The van der Waals surface area contributed by atoms with Crippen molar-refractivity contribution in [2.45, 2.75) is 30.7 Å². The number of para-hydroxylation sites is 1. The second kappa shape index (κ2) is 9.69. The van der Waals surface area contributed by atoms with Crippen LogP contribution in [-0.2, 0) is 21.2 Å². The van der Waals surface area contributed by atoms with Gasteiger partial charge in [0, 0.05) is 25.2 Å². The van der Waals surface area contributed by atoms with Gasteiger partial charge in [-0.2, -0.15) is 0 Å². The smallest absolute Gasteiger partial charge is 0.241 e. The van der Waals surface area contributed by atoms with Gasteiger partial charge in [0.1, 0.15) is 0 Å². The first-order valence-corrected chi connectivity index (χ1v) is 11.3. The maximum atomic E-state index is 12.7. The Morgan fingerprint density at radius 2 is 1.47 bits per heavy atom. The molecule has 0 aromatic heterocycles. The number of sulfonamides is 1. The largest absolute Gasteiger partial charge is 0.315 e. The standard InChI is InChI=1S/C24H26N2O3S/c1-19(21-9-5-3-6-10-21)25-30(28,29)23-16-13-20(14-17-23)15-18-24(27)26(2)22-11-7-4-8-12-22/h3-14,16-17,19,25H,15,18H2,1-2H3/t19-/m1/s1. The summed E-state index contributed by atoms with van der Waals surface area (Å²) in [5, 5.41) is 0. The van der Waals surface area contributed by atoms with E-state index in [1.807, 2.05) is 67.6 Å². The number of aryl methyl sites for hydroxylation is 1. The average Bonchev–Trinajstić information content (AvgIpc) is 2.78. The number of nitrogens with one attached hydrogen (secondary N) is 1. The summed E-state index contributed by atoms with van der Waals surface area (Å²) in [5.74, 6) is 0.0104. The molecule has 0 radical (unpaired) electrons. The van der Waals surface area contributed by atoms with Crippen molar-refractivity contribution < 1.29 is 13.2 Å². The Morgan fingerprint density at radius 1 is 0.900 bits per heavy atom. The quantitative estimate of drug-likeness (QED) is 0.588. The molecule has 1 atom stereocenters. The van der Waals surface area contributed by atoms with Crippen molar-refractivity contribution in [2.75, 3.05) is 11.9 Å². The molecule has 0 aliphatic carbocycles. The van der Waals surface area contributed by atoms with Gasteiger partial charge in [0.05, 0.1) is 4.90 Å². The average molecular weight is 423 g/mol. The minimum atomic E-state index is -3.63. The summed E-state index contributed by atoms with van der Waals surface area (Å²) in [6.45, 7) is 1.82. The molecule has 30 heavy (non-hydrogen) atoms. The summed E-state index contributed by atoms with van der Waals surface area (Å²) in [6.07, 6.45) is 0.894. The van der Waals surface area contributed by atoms with E-state index in [-0.39, 0.29) is 16.8 Å². The van der Waals surface area contributed by atoms with E-state index in [0.717, 1.165) is 16.8 Å². The normalized spacial score (nSPS) is 12.3. The minimum Gasteiger partial charge on any atom is -0.315 e. The van der Waals surface area contributed by atoms with E-state index in [2.05, 4.69) is 4.72 Å². The molecule has 0 heterocycles. The third kappa shape index (κ3) is 5.55. The molecule has 1 N–H and O–H groups in total. The van der Waals surface area contributed by atoms with Crippen LogP contribution in [0, 0.1) is 0 Å². The molecule has 3 rings (SSSR count). The van der Waals surface area contributed by atoms with Crippen LogP contribution in [0.25, 0.3) is 0 Å². The van der Waals surface area contributed by atoms with E-state index in [9.17, 15) is 13.2 Å². The number of hydrogen-bond acceptors (Lipinski definition) is 3. The van der Waals surface area contributed by atoms with E-state index in [1.54, 1.807) is 36.2 Å². The van der Waals surface area contributed by atoms with E-state index in [4.69, 9.17) is 0 Å². The Hall–Kier alpha value is -2.96. The summed E-state index contributed by atoms with van der Waals surface area (Å²) in [6, 6.07) is 25.3. The number of amides is 1. The zero-order valence-corrected chi connectivity index (χ0v) is 18.0. The number of carbonyl (C=O) groups excluding carboxylic acids is 1. The fourth-order valence-electron chi connectivity index (χ4n) is 3.16. The highest BCUT2D eigenvalue weighted by Gasteiger charge is 2.18. The van der Waals surface area contributed by atoms with Crippen molar-refractivity contribution in [3.05, 3.63) is 96.1 Å². The molecule has 0 saturated heterocycles. The third-order valence-electron chi connectivity index (χ3n) is 5.01. The predicted molar refractivity (Wildman–Crippen MR) is 120 cm³/mol. The summed E-state index contributed by atoms with van der Waals surface area (Å²) in [5.41, 5.74) is 2.67. The highest BCUT2D eigenvalue weighted by molar-refractivity contribution is 7.89. The molecule has 3 aromatic rings. The highest BCUT2D eigenvalue weighted by atomic mass is 32.2. The first kappa shape index (κ1) is 21.7. The summed E-state index contributed by atoms with van der Waals surface area (Å²) >= 11 is 0. The van der Waals surface area contributed by atoms with Gasteiger partial charge in [0.25, 0.3) is 0 Å². The number of carbonyl (C=O) groups is 1. The maximum Gasteiger partial charge on any atom is 0.241 e. The zero-order chi connectivity index (χ0) is 21.6. The van der Waals surface area contributed by atoms with Crippen molar-refractivity contribution in [1.29, 1.82) is 0 Å². The zero-order valence-electron chi connectivity index (χ0n) is 17.2. The number of benzene rings is 3. The SMILES string of the molecule is C[C@@H](NS(=O)(=O)c1ccc(CCC(=O)N(C)c2ccccc2)cc1)c1ccccc1. The van der Waals surface area contributed by atoms with Gasteiger partial charge in [-0.15, -0.1) is 0 Å². The van der Waals surface area contributed by atoms with Crippen molar-refractivity contribution in [3.8, 4) is 0 Å². The van der Waals surface area contributed by atoms with E-state index < -0.39 is 10.0 Å². The van der Waals surface area contributed by atoms with E-state index >= 15 is 0 Å². The number of rotatable bonds is 8. The first-order valence-electron chi connectivity index (χ1n) is 9.84. The molecule has 0 unspecified atom stereocenters. The molecule has 0 bridgehead atoms. The molecule has 0 fully saturated rings. The monoisotopic (exact) mass is 422 g/mol. The second-order valence-electron chi connectivity index (χ2n) is 7.19. The van der Waals surface area contributed by atoms with Gasteiger partial charge >= 0.3 is 0 Å². The van der Waals surface area contributed by atoms with Gasteiger partial charge in [0.2, 0.25) is 15.9 Å². The number of hydrogen-bond donors (Lipinski definition) is 1. The van der Waals surface area contributed by atoms with Crippen LogP contribution in [0.15, 0.2) is 89.8 Å². The number of nitrogens with zero attached hydrogens (tertiary/aromatic N) is 1. The van der Waals surface area contributed by atoms with Gasteiger partial charge in [-0.1, -0.05) is 60.7 Å². The lowest BCUT2D eigenvalue weighted by Crippen LogP contribution is -2.27. The second-order valence-corrected chi connectivity index (χ2v) is 8.90. The van der Waals surface area contributed by atoms with Crippen LogP contribution < -0.4 is 9.62 Å². The lowest BCUT2D eigenvalue weighted by molar-refractivity contribution is -0.118. The molecule has 0 spiro atoms. The van der Waals surface area contributed by atoms with Gasteiger partial charge in [-0.3, -0.25) is 4.79 Å². The molecule has 1 amide bonds. The van der Waals surface area contributed by atoms with Crippen molar-refractivity contribution >= 4 is 21.6 Å². The topological polar surface area (TPSA) is 66.5 Å². The Kier molecular flexibility index (Phi) is 7.03. The van der Waals surface area contributed by atoms with Crippen molar-refractivity contribution in [3.63, 3.8) is 0 Å². The molecule has 3 aromatic carbocycles. The third-order valence-corrected chi connectivity index (χ3v) is 6.57. The van der Waals surface area contributed by atoms with Crippen LogP contribution in [0.2, 0.25) is 0 Å². The Morgan fingerprint density at radius 3 is 2.07 bits per heavy atom. The Bertz CT molecular complexity index is 1070. The fraction of sp³-hybridized carbons (Fsp3) is 0.208. The summed E-state index contributed by atoms with van der Waals surface area (Å²) in [4.78, 5) is 14.3. The summed E-state index contributed by atoms with van der Waals surface area (Å²) in [7, 11) is -1.87. The summed E-state index contributed by atoms with van der Waals surface area (Å²) < 4.78 is 28.0. The molecule has 0 aliphatic heterocycles. The van der Waals surface area contributed by atoms with Crippen LogP contribution in [0.3, 0.4) is 0 Å². The lowest BCUT2D eigenvalue weighted by Gasteiger charge is -2.17. The van der Waals surface area contributed by atoms with Crippen LogP contribution in [-0.4, -0.2) is 21.4 Å². The molecule has 0 aliphatic rings. The first-order chi connectivity index (χ1) is 14.4. The van der Waals surface area contributed by atoms with Crippen LogP contribution in [0.5, 0.6) is 0 Å². The van der Waals surface area contributed by atoms with E-state index in [1.165, 1.54) is 0 Å². The fourth-order valence-corrected chi connectivity index (χ4v) is 4.39. The minimum absolute atomic E-state index is 0.0104. The Labute approximate surface area is 178 Å². The van der Waals surface area contributed by atoms with Crippen LogP contribution in [0.4, 0.5) is 5.69 Å². The van der Waals surface area contributed by atoms with Crippen molar-refractivity contribution in [1.82, 2.24) is 4.72 Å². The van der Waals surface area contributed by atoms with Crippen LogP contribution >= 0.6 is 0 Å². The highest BCUT2D eigenvalue weighted by Crippen LogP contribution is 2.18. The Balaban J connectivity index is 1.59. The number of anilines is 1. The molecule has 0 saturated carbocycles. The van der Waals surface area contributed by atoms with Gasteiger partial charge in [-0.05, 0) is 48.7 Å². The molecular formula is C24H26N2O3S. The van der Waals surface area contributed by atoms with E-state index in [0.29, 0.717) is 12.8 Å². The maximum absolute atomic E-state index is 12.7. The molecule has 156 valence electrons. The van der Waals surface area contributed by atoms with Crippen LogP contribution in [0.1, 0.15) is 30.5 Å². The van der Waals surface area contributed by atoms with Gasteiger partial charge in [-0.25, -0.2) is 13.1 Å². The van der Waals surface area contributed by atoms with Gasteiger partial charge in [0.15, 0.2) is 0 Å². The van der Waals surface area contributed by atoms with Gasteiger partial charge < -0.3 is 4.90 Å². The molecule has 6 heteroatoms.